The summed E-state index contributed by atoms with van der Waals surface area (Å²) in [6.07, 6.45) is 3.29. The van der Waals surface area contributed by atoms with Crippen LogP contribution in [0.25, 0.3) is 56.6 Å². The SMILES string of the molecule is COc1cccc(-c2ncccc2-c2ccc3ncc(C(N)=O)n3n2)n1.NC(=O)c1cnc2ccc(-c3cccnc3-c3cccc(C(F)F)n3)nn12. The number of amides is 2. The second kappa shape index (κ2) is 14.4. The number of aromatic nitrogens is 10. The summed E-state index contributed by atoms with van der Waals surface area (Å²) in [4.78, 5) is 48.5. The number of pyridine rings is 4. The van der Waals surface area contributed by atoms with E-state index in [1.54, 1.807) is 62.0 Å². The van der Waals surface area contributed by atoms with Crippen LogP contribution in [0.5, 0.6) is 5.88 Å². The zero-order chi connectivity index (χ0) is 37.1. The summed E-state index contributed by atoms with van der Waals surface area (Å²) >= 11 is 0. The van der Waals surface area contributed by atoms with Gasteiger partial charge in [0.05, 0.1) is 53.7 Å². The molecule has 15 nitrogen and oxygen atoms in total. The largest absolute Gasteiger partial charge is 0.481 e. The first-order valence-electron chi connectivity index (χ1n) is 15.7. The highest BCUT2D eigenvalue weighted by Crippen LogP contribution is 2.31. The fraction of sp³-hybridized carbons (Fsp3) is 0.0556. The molecule has 0 fully saturated rings. The zero-order valence-electron chi connectivity index (χ0n) is 27.6. The molecule has 0 aliphatic heterocycles. The first kappa shape index (κ1) is 33.9. The highest BCUT2D eigenvalue weighted by atomic mass is 19.3. The Morgan fingerprint density at radius 3 is 1.62 bits per heavy atom. The number of nitrogens with zero attached hydrogens (tertiary/aromatic N) is 10. The van der Waals surface area contributed by atoms with E-state index in [4.69, 9.17) is 16.2 Å². The fourth-order valence-corrected chi connectivity index (χ4v) is 5.37. The van der Waals surface area contributed by atoms with Gasteiger partial charge in [0.1, 0.15) is 17.1 Å². The normalized spacial score (nSPS) is 11.0. The Kier molecular flexibility index (Phi) is 9.18. The first-order chi connectivity index (χ1) is 25.7. The predicted octanol–water partition coefficient (Wildman–Crippen LogP) is 4.85. The molecule has 0 saturated heterocycles. The number of rotatable bonds is 8. The third kappa shape index (κ3) is 6.81. The molecule has 262 valence electrons. The molecule has 8 aromatic heterocycles. The Labute approximate surface area is 298 Å². The van der Waals surface area contributed by atoms with Crippen molar-refractivity contribution in [2.24, 2.45) is 11.5 Å². The lowest BCUT2D eigenvalue weighted by Crippen LogP contribution is -2.15. The number of halogens is 2. The van der Waals surface area contributed by atoms with E-state index >= 15 is 0 Å². The number of carbonyl (C=O) groups is 2. The summed E-state index contributed by atoms with van der Waals surface area (Å²) in [6.45, 7) is 0. The standard InChI is InChI=1S/C18H12F2N6O.C18H14N6O2/c19-17(20)13-5-1-4-12(24-13)16-10(3-2-8-22-16)11-6-7-15-23-9-14(18(21)27)26(15)25-11;1-26-16-6-2-5-13(22-16)17-11(4-3-9-20-17)12-7-8-15-21-10-14(18(19)25)24(15)23-12/h1-9,17H,(H2,21,27);2-10H,1H3,(H2,19,25). The molecule has 8 heterocycles. The van der Waals surface area contributed by atoms with Crippen LogP contribution in [0.2, 0.25) is 0 Å². The summed E-state index contributed by atoms with van der Waals surface area (Å²) in [7, 11) is 1.56. The van der Waals surface area contributed by atoms with Crippen LogP contribution in [0.1, 0.15) is 33.1 Å². The van der Waals surface area contributed by atoms with Crippen LogP contribution in [0.3, 0.4) is 0 Å². The Bertz CT molecular complexity index is 2640. The van der Waals surface area contributed by atoms with E-state index in [0.29, 0.717) is 56.9 Å². The second-order valence-electron chi connectivity index (χ2n) is 11.1. The molecule has 0 unspecified atom stereocenters. The maximum atomic E-state index is 13.0. The third-order valence-electron chi connectivity index (χ3n) is 7.81. The Morgan fingerprint density at radius 1 is 0.623 bits per heavy atom. The monoisotopic (exact) mass is 712 g/mol. The lowest BCUT2D eigenvalue weighted by atomic mass is 10.1. The smallest absolute Gasteiger partial charge is 0.280 e. The van der Waals surface area contributed by atoms with Crippen LogP contribution < -0.4 is 16.2 Å². The summed E-state index contributed by atoms with van der Waals surface area (Å²) < 4.78 is 33.9. The van der Waals surface area contributed by atoms with Crippen LogP contribution in [-0.4, -0.2) is 68.1 Å². The van der Waals surface area contributed by atoms with Crippen molar-refractivity contribution in [3.63, 3.8) is 0 Å². The minimum absolute atomic E-state index is 0.134. The van der Waals surface area contributed by atoms with Gasteiger partial charge in [-0.25, -0.2) is 37.7 Å². The van der Waals surface area contributed by atoms with Gasteiger partial charge in [0.25, 0.3) is 18.2 Å². The van der Waals surface area contributed by atoms with Gasteiger partial charge in [-0.3, -0.25) is 19.6 Å². The number of alkyl halides is 2. The quantitative estimate of drug-likeness (QED) is 0.218. The number of hydrogen-bond donors (Lipinski definition) is 2. The van der Waals surface area contributed by atoms with E-state index < -0.39 is 18.2 Å². The van der Waals surface area contributed by atoms with E-state index in [0.717, 1.165) is 5.56 Å². The van der Waals surface area contributed by atoms with Gasteiger partial charge in [0.15, 0.2) is 11.3 Å². The Morgan fingerprint density at radius 2 is 1.13 bits per heavy atom. The van der Waals surface area contributed by atoms with E-state index in [9.17, 15) is 18.4 Å². The molecule has 0 atom stereocenters. The number of nitrogens with two attached hydrogens (primary N) is 2. The molecule has 17 heteroatoms. The van der Waals surface area contributed by atoms with E-state index in [1.165, 1.54) is 33.6 Å². The van der Waals surface area contributed by atoms with Gasteiger partial charge >= 0.3 is 0 Å². The van der Waals surface area contributed by atoms with Gasteiger partial charge in [0, 0.05) is 29.6 Å². The number of carbonyl (C=O) groups excluding carboxylic acids is 2. The van der Waals surface area contributed by atoms with Gasteiger partial charge in [0.2, 0.25) is 5.88 Å². The van der Waals surface area contributed by atoms with Crippen LogP contribution in [-0.2, 0) is 0 Å². The van der Waals surface area contributed by atoms with Gasteiger partial charge in [-0.15, -0.1) is 0 Å². The highest BCUT2D eigenvalue weighted by Gasteiger charge is 2.18. The highest BCUT2D eigenvalue weighted by molar-refractivity contribution is 5.92. The molecular formula is C36H26F2N12O3. The van der Waals surface area contributed by atoms with Gasteiger partial charge in [-0.05, 0) is 66.7 Å². The average molecular weight is 713 g/mol. The van der Waals surface area contributed by atoms with Gasteiger partial charge in [-0.1, -0.05) is 12.1 Å². The maximum absolute atomic E-state index is 13.0. The molecular weight excluding hydrogens is 686 g/mol. The molecule has 0 spiro atoms. The molecule has 8 aromatic rings. The number of ether oxygens (including phenoxy) is 1. The molecule has 4 N–H and O–H groups in total. The third-order valence-corrected chi connectivity index (χ3v) is 7.81. The van der Waals surface area contributed by atoms with E-state index in [2.05, 4.69) is 40.1 Å². The summed E-state index contributed by atoms with van der Waals surface area (Å²) in [6, 6.07) is 23.9. The second-order valence-corrected chi connectivity index (χ2v) is 11.1. The van der Waals surface area contributed by atoms with E-state index in [-0.39, 0.29) is 17.1 Å². The number of methoxy groups -OCH3 is 1. The predicted molar refractivity (Wildman–Crippen MR) is 187 cm³/mol. The zero-order valence-corrected chi connectivity index (χ0v) is 27.6. The first-order valence-corrected chi connectivity index (χ1v) is 15.7. The van der Waals surface area contributed by atoms with Crippen molar-refractivity contribution in [1.82, 2.24) is 49.1 Å². The maximum Gasteiger partial charge on any atom is 0.280 e. The lowest BCUT2D eigenvalue weighted by Gasteiger charge is -2.09. The van der Waals surface area contributed by atoms with Crippen molar-refractivity contribution in [3.05, 3.63) is 127 Å². The van der Waals surface area contributed by atoms with Gasteiger partial charge < -0.3 is 16.2 Å². The Balaban J connectivity index is 0.000000164. The topological polar surface area (TPSA) is 207 Å². The summed E-state index contributed by atoms with van der Waals surface area (Å²) in [5.74, 6) is -0.763. The van der Waals surface area contributed by atoms with Crippen molar-refractivity contribution in [3.8, 4) is 51.2 Å². The number of fused-ring (bicyclic) bond motifs is 2. The van der Waals surface area contributed by atoms with Crippen molar-refractivity contribution in [2.75, 3.05) is 7.11 Å². The average Bonchev–Trinajstić information content (AvgIpc) is 3.83. The molecule has 0 aliphatic rings. The summed E-state index contributed by atoms with van der Waals surface area (Å²) in [5, 5.41) is 8.92. The van der Waals surface area contributed by atoms with E-state index in [1.807, 2.05) is 30.3 Å². The molecule has 8 rings (SSSR count). The van der Waals surface area contributed by atoms with Crippen molar-refractivity contribution < 1.29 is 23.1 Å². The van der Waals surface area contributed by atoms with Crippen LogP contribution in [0.15, 0.2) is 110 Å². The van der Waals surface area contributed by atoms with Crippen molar-refractivity contribution in [2.45, 2.75) is 6.43 Å². The number of imidazole rings is 2. The molecule has 2 amide bonds. The minimum Gasteiger partial charge on any atom is -0.481 e. The fourth-order valence-electron chi connectivity index (χ4n) is 5.37. The lowest BCUT2D eigenvalue weighted by molar-refractivity contribution is 0.0985. The molecule has 0 saturated carbocycles. The minimum atomic E-state index is -2.68. The summed E-state index contributed by atoms with van der Waals surface area (Å²) in [5.41, 5.74) is 16.2. The van der Waals surface area contributed by atoms with Crippen molar-refractivity contribution >= 4 is 23.1 Å². The van der Waals surface area contributed by atoms with Crippen LogP contribution >= 0.6 is 0 Å². The van der Waals surface area contributed by atoms with Crippen LogP contribution in [0, 0.1) is 0 Å². The van der Waals surface area contributed by atoms with Crippen LogP contribution in [0.4, 0.5) is 8.78 Å². The number of hydrogen-bond acceptors (Lipinski definition) is 11. The molecule has 53 heavy (non-hydrogen) atoms. The Hall–Kier alpha value is -7.56. The molecule has 0 aromatic carbocycles. The van der Waals surface area contributed by atoms with Crippen molar-refractivity contribution in [1.29, 1.82) is 0 Å². The molecule has 0 bridgehead atoms. The number of primary amides is 2. The van der Waals surface area contributed by atoms with Gasteiger partial charge in [-0.2, -0.15) is 10.2 Å². The molecule has 0 aliphatic carbocycles. The molecule has 0 radical (unpaired) electrons.